The van der Waals surface area contributed by atoms with Gasteiger partial charge in [0, 0.05) is 25.4 Å². The van der Waals surface area contributed by atoms with Crippen LogP contribution in [0.25, 0.3) is 0 Å². The number of nitrogens with two attached hydrogens (primary N) is 1. The quantitative estimate of drug-likeness (QED) is 0.833. The summed E-state index contributed by atoms with van der Waals surface area (Å²) in [6.45, 7) is 5.64. The van der Waals surface area contributed by atoms with E-state index in [1.165, 1.54) is 0 Å². The number of ether oxygens (including phenoxy) is 2. The Kier molecular flexibility index (Phi) is 3.97. The molecule has 2 rings (SSSR count). The van der Waals surface area contributed by atoms with Crippen LogP contribution in [0.1, 0.15) is 20.3 Å². The smallest absolute Gasteiger partial charge is 0.144 e. The monoisotopic (exact) mass is 250 g/mol. The van der Waals surface area contributed by atoms with Crippen LogP contribution < -0.4 is 15.4 Å². The Morgan fingerprint density at radius 3 is 2.83 bits per heavy atom. The van der Waals surface area contributed by atoms with Crippen molar-refractivity contribution in [2.45, 2.75) is 32.4 Å². The third-order valence-corrected chi connectivity index (χ3v) is 3.22. The fourth-order valence-corrected chi connectivity index (χ4v) is 2.14. The number of hydrogen-bond acceptors (Lipinski definition) is 4. The van der Waals surface area contributed by atoms with Crippen molar-refractivity contribution < 1.29 is 9.47 Å². The summed E-state index contributed by atoms with van der Waals surface area (Å²) >= 11 is 0. The Bertz CT molecular complexity index is 401. The molecule has 1 aromatic carbocycles. The van der Waals surface area contributed by atoms with E-state index in [4.69, 9.17) is 15.2 Å². The highest BCUT2D eigenvalue weighted by atomic mass is 16.5. The zero-order chi connectivity index (χ0) is 13.1. The lowest BCUT2D eigenvalue weighted by Gasteiger charge is -2.26. The molecule has 1 unspecified atom stereocenters. The van der Waals surface area contributed by atoms with Gasteiger partial charge < -0.3 is 20.1 Å². The first kappa shape index (κ1) is 13.0. The first-order valence-electron chi connectivity index (χ1n) is 6.44. The Hall–Kier alpha value is -1.42. The molecule has 1 fully saturated rings. The topological polar surface area (TPSA) is 47.7 Å². The predicted molar refractivity (Wildman–Crippen MR) is 74.2 cm³/mol. The van der Waals surface area contributed by atoms with E-state index in [-0.39, 0.29) is 6.10 Å². The summed E-state index contributed by atoms with van der Waals surface area (Å²) in [5.41, 5.74) is 7.73. The highest BCUT2D eigenvalue weighted by molar-refractivity contribution is 5.62. The average molecular weight is 250 g/mol. The van der Waals surface area contributed by atoms with Gasteiger partial charge in [0.1, 0.15) is 5.75 Å². The van der Waals surface area contributed by atoms with Crippen LogP contribution in [0.2, 0.25) is 0 Å². The number of rotatable bonds is 4. The number of nitrogen functional groups attached to an aromatic ring is 1. The summed E-state index contributed by atoms with van der Waals surface area (Å²) in [7, 11) is 2.09. The fourth-order valence-electron chi connectivity index (χ4n) is 2.14. The van der Waals surface area contributed by atoms with Crippen molar-refractivity contribution in [1.82, 2.24) is 0 Å². The maximum Gasteiger partial charge on any atom is 0.144 e. The second-order valence-corrected chi connectivity index (χ2v) is 5.02. The van der Waals surface area contributed by atoms with Crippen LogP contribution >= 0.6 is 0 Å². The van der Waals surface area contributed by atoms with Crippen LogP contribution in [0.15, 0.2) is 18.2 Å². The molecule has 0 saturated carbocycles. The highest BCUT2D eigenvalue weighted by Crippen LogP contribution is 2.30. The van der Waals surface area contributed by atoms with E-state index in [2.05, 4.69) is 11.9 Å². The van der Waals surface area contributed by atoms with Gasteiger partial charge in [-0.15, -0.1) is 0 Å². The molecule has 0 aromatic heterocycles. The molecule has 100 valence electrons. The zero-order valence-corrected chi connectivity index (χ0v) is 11.3. The van der Waals surface area contributed by atoms with Crippen molar-refractivity contribution in [3.8, 4) is 5.75 Å². The van der Waals surface area contributed by atoms with E-state index >= 15 is 0 Å². The molecule has 1 aliphatic heterocycles. The predicted octanol–water partition coefficient (Wildman–Crippen LogP) is 2.28. The minimum atomic E-state index is 0.127. The molecule has 4 nitrogen and oxygen atoms in total. The maximum absolute atomic E-state index is 5.92. The van der Waals surface area contributed by atoms with Crippen LogP contribution in [-0.2, 0) is 4.74 Å². The van der Waals surface area contributed by atoms with Gasteiger partial charge in [0.05, 0.1) is 24.4 Å². The molecule has 4 heteroatoms. The van der Waals surface area contributed by atoms with Crippen LogP contribution in [-0.4, -0.2) is 32.4 Å². The minimum Gasteiger partial charge on any atom is -0.489 e. The van der Waals surface area contributed by atoms with Gasteiger partial charge in [-0.25, -0.2) is 0 Å². The molecule has 0 spiro atoms. The lowest BCUT2D eigenvalue weighted by Crippen LogP contribution is -2.31. The van der Waals surface area contributed by atoms with Crippen molar-refractivity contribution in [3.05, 3.63) is 18.2 Å². The van der Waals surface area contributed by atoms with Crippen LogP contribution in [0.3, 0.4) is 0 Å². The SMILES string of the molecule is CC(C)Oc1cc(N(C)C2CCOC2)ccc1N. The first-order valence-corrected chi connectivity index (χ1v) is 6.44. The molecule has 1 atom stereocenters. The van der Waals surface area contributed by atoms with Crippen molar-refractivity contribution in [2.24, 2.45) is 0 Å². The van der Waals surface area contributed by atoms with E-state index in [9.17, 15) is 0 Å². The van der Waals surface area contributed by atoms with Crippen LogP contribution in [0, 0.1) is 0 Å². The van der Waals surface area contributed by atoms with Gasteiger partial charge in [0.2, 0.25) is 0 Å². The molecular formula is C14H22N2O2. The molecule has 1 saturated heterocycles. The molecule has 2 N–H and O–H groups in total. The summed E-state index contributed by atoms with van der Waals surface area (Å²) in [6, 6.07) is 6.38. The van der Waals surface area contributed by atoms with Gasteiger partial charge in [-0.1, -0.05) is 0 Å². The molecule has 0 bridgehead atoms. The van der Waals surface area contributed by atoms with E-state index in [0.29, 0.717) is 11.7 Å². The van der Waals surface area contributed by atoms with Gasteiger partial charge in [-0.3, -0.25) is 0 Å². The lowest BCUT2D eigenvalue weighted by atomic mass is 10.2. The van der Waals surface area contributed by atoms with Crippen molar-refractivity contribution >= 4 is 11.4 Å². The van der Waals surface area contributed by atoms with E-state index in [0.717, 1.165) is 31.1 Å². The van der Waals surface area contributed by atoms with Gasteiger partial charge in [-0.2, -0.15) is 0 Å². The highest BCUT2D eigenvalue weighted by Gasteiger charge is 2.21. The van der Waals surface area contributed by atoms with E-state index in [1.54, 1.807) is 0 Å². The second kappa shape index (κ2) is 5.48. The third kappa shape index (κ3) is 2.88. The number of likely N-dealkylation sites (N-methyl/N-ethyl adjacent to an activating group) is 1. The minimum absolute atomic E-state index is 0.127. The number of benzene rings is 1. The Morgan fingerprint density at radius 1 is 1.44 bits per heavy atom. The van der Waals surface area contributed by atoms with Crippen LogP contribution in [0.4, 0.5) is 11.4 Å². The van der Waals surface area contributed by atoms with Gasteiger partial charge in [0.15, 0.2) is 0 Å². The van der Waals surface area contributed by atoms with E-state index in [1.807, 2.05) is 32.0 Å². The zero-order valence-electron chi connectivity index (χ0n) is 11.3. The Balaban J connectivity index is 2.17. The number of hydrogen-bond donors (Lipinski definition) is 1. The van der Waals surface area contributed by atoms with Crippen LogP contribution in [0.5, 0.6) is 5.75 Å². The Morgan fingerprint density at radius 2 is 2.22 bits per heavy atom. The van der Waals surface area contributed by atoms with E-state index < -0.39 is 0 Å². The van der Waals surface area contributed by atoms with Crippen molar-refractivity contribution in [2.75, 3.05) is 30.9 Å². The molecule has 0 amide bonds. The summed E-state index contributed by atoms with van der Waals surface area (Å²) in [4.78, 5) is 2.24. The molecule has 1 heterocycles. The van der Waals surface area contributed by atoms with Crippen molar-refractivity contribution in [1.29, 1.82) is 0 Å². The molecule has 18 heavy (non-hydrogen) atoms. The molecule has 1 aliphatic rings. The van der Waals surface area contributed by atoms with Gasteiger partial charge >= 0.3 is 0 Å². The van der Waals surface area contributed by atoms with Gasteiger partial charge in [0.25, 0.3) is 0 Å². The number of nitrogens with zero attached hydrogens (tertiary/aromatic N) is 1. The average Bonchev–Trinajstić information content (AvgIpc) is 2.84. The third-order valence-electron chi connectivity index (χ3n) is 3.22. The fraction of sp³-hybridized carbons (Fsp3) is 0.571. The number of anilines is 2. The maximum atomic E-state index is 5.92. The molecule has 0 radical (unpaired) electrons. The molecule has 1 aromatic rings. The molecular weight excluding hydrogens is 228 g/mol. The summed E-state index contributed by atoms with van der Waals surface area (Å²) in [5.74, 6) is 0.758. The first-order chi connectivity index (χ1) is 8.58. The van der Waals surface area contributed by atoms with Crippen molar-refractivity contribution in [3.63, 3.8) is 0 Å². The normalized spacial score (nSPS) is 19.2. The summed E-state index contributed by atoms with van der Waals surface area (Å²) in [5, 5.41) is 0. The lowest BCUT2D eigenvalue weighted by molar-refractivity contribution is 0.193. The largest absolute Gasteiger partial charge is 0.489 e. The summed E-state index contributed by atoms with van der Waals surface area (Å²) in [6.07, 6.45) is 1.20. The second-order valence-electron chi connectivity index (χ2n) is 5.02. The Labute approximate surface area is 109 Å². The summed E-state index contributed by atoms with van der Waals surface area (Å²) < 4.78 is 11.1. The standard InChI is InChI=1S/C14H22N2O2/c1-10(2)18-14-8-11(4-5-13(14)15)16(3)12-6-7-17-9-12/h4-5,8,10,12H,6-7,9,15H2,1-3H3. The molecule has 0 aliphatic carbocycles. The van der Waals surface area contributed by atoms with Gasteiger partial charge in [-0.05, 0) is 32.4 Å².